The van der Waals surface area contributed by atoms with Crippen LogP contribution in [0.2, 0.25) is 0 Å². The van der Waals surface area contributed by atoms with Crippen LogP contribution < -0.4 is 0 Å². The van der Waals surface area contributed by atoms with Crippen molar-refractivity contribution in [2.75, 3.05) is 0 Å². The maximum absolute atomic E-state index is 2.45. The summed E-state index contributed by atoms with van der Waals surface area (Å²) >= 11 is 7.53. The van der Waals surface area contributed by atoms with Gasteiger partial charge in [-0.2, -0.15) is 0 Å². The topological polar surface area (TPSA) is 0 Å². The molecule has 0 saturated heterocycles. The first-order valence-electron chi connectivity index (χ1n) is 46.8. The molecule has 31 aromatic rings. The summed E-state index contributed by atoms with van der Waals surface area (Å²) in [5, 5.41) is 50.2. The molecule has 0 bridgehead atoms. The molecule has 0 amide bonds. The van der Waals surface area contributed by atoms with E-state index in [0.717, 1.165) is 0 Å². The van der Waals surface area contributed by atoms with Gasteiger partial charge < -0.3 is 0 Å². The van der Waals surface area contributed by atoms with E-state index in [-0.39, 0.29) is 0 Å². The fraction of sp³-hybridized carbons (Fsp3) is 0. The van der Waals surface area contributed by atoms with Crippen LogP contribution >= 0.6 is 45.3 Å². The first-order valence-corrected chi connectivity index (χ1v) is 50.1. The molecule has 0 aliphatic carbocycles. The number of fused-ring (bicyclic) bond motifs is 45. The molecule has 0 fully saturated rings. The highest BCUT2D eigenvalue weighted by atomic mass is 32.1. The molecular formula is C132H76S4. The van der Waals surface area contributed by atoms with Crippen LogP contribution in [0.1, 0.15) is 0 Å². The van der Waals surface area contributed by atoms with E-state index in [4.69, 9.17) is 0 Å². The zero-order valence-electron chi connectivity index (χ0n) is 73.5. The highest BCUT2D eigenvalue weighted by Gasteiger charge is 2.25. The Labute approximate surface area is 797 Å². The second-order valence-electron chi connectivity index (χ2n) is 36.3. The lowest BCUT2D eigenvalue weighted by Gasteiger charge is -2.18. The van der Waals surface area contributed by atoms with Gasteiger partial charge in [-0.15, -0.1) is 45.3 Å². The SMILES string of the molecule is c1ccc(-c2ccc3c(c2)c2ccccc2c2c4ccc(-c5cccc6sc7ccccc7c56)cc4c4ccccc4c32)cc1.c1ccc2c(c1)sc1cccc(-c3ccc4c(c3)c3ccccc3c3c5ccc(-c6cccc7sc8ccccc8c67)cc5c5ccccc5c43)c12.c1ccc2c(c1)sc1cccc(-c3ccc4c(c3)c3ccccc3c3c5ccccc5c5ccccc5c43)c12. The van der Waals surface area contributed by atoms with Gasteiger partial charge in [0.25, 0.3) is 0 Å². The van der Waals surface area contributed by atoms with E-state index in [1.807, 2.05) is 45.3 Å². The molecular weight excluding hydrogens is 1710 g/mol. The summed E-state index contributed by atoms with van der Waals surface area (Å²) in [5.74, 6) is 0. The monoisotopic (exact) mass is 1790 g/mol. The van der Waals surface area contributed by atoms with Crippen LogP contribution in [0.4, 0.5) is 0 Å². The largest absolute Gasteiger partial charge is 0.135 e. The minimum atomic E-state index is 1.24. The van der Waals surface area contributed by atoms with Gasteiger partial charge in [0.15, 0.2) is 0 Å². The Balaban J connectivity index is 0.0000000999. The number of hydrogen-bond acceptors (Lipinski definition) is 4. The highest BCUT2D eigenvalue weighted by Crippen LogP contribution is 2.54. The second kappa shape index (κ2) is 30.6. The fourth-order valence-corrected chi connectivity index (χ4v) is 28.0. The molecule has 31 rings (SSSR count). The Morgan fingerprint density at radius 2 is 0.257 bits per heavy atom. The Morgan fingerprint density at radius 3 is 0.493 bits per heavy atom. The van der Waals surface area contributed by atoms with Gasteiger partial charge in [-0.1, -0.05) is 382 Å². The third kappa shape index (κ3) is 11.7. The van der Waals surface area contributed by atoms with Gasteiger partial charge in [-0.3, -0.25) is 0 Å². The van der Waals surface area contributed by atoms with E-state index in [1.165, 1.54) is 298 Å². The molecule has 0 atom stereocenters. The van der Waals surface area contributed by atoms with Crippen LogP contribution in [0.5, 0.6) is 0 Å². The highest BCUT2D eigenvalue weighted by molar-refractivity contribution is 7.27. The molecule has 0 unspecified atom stereocenters. The van der Waals surface area contributed by atoms with Crippen LogP contribution in [0.15, 0.2) is 461 Å². The number of thiophene rings is 4. The predicted molar refractivity (Wildman–Crippen MR) is 601 cm³/mol. The fourth-order valence-electron chi connectivity index (χ4n) is 23.5. The molecule has 0 radical (unpaired) electrons. The van der Waals surface area contributed by atoms with Crippen LogP contribution in [-0.2, 0) is 0 Å². The lowest BCUT2D eigenvalue weighted by atomic mass is 9.85. The lowest BCUT2D eigenvalue weighted by molar-refractivity contribution is 1.65. The first-order chi connectivity index (χ1) is 67.5. The van der Waals surface area contributed by atoms with Gasteiger partial charge >= 0.3 is 0 Å². The lowest BCUT2D eigenvalue weighted by Crippen LogP contribution is -1.90. The van der Waals surface area contributed by atoms with Crippen LogP contribution in [-0.4, -0.2) is 0 Å². The average molecular weight is 1790 g/mol. The quantitative estimate of drug-likeness (QED) is 0.151. The Morgan fingerprint density at radius 1 is 0.0882 bits per heavy atom. The number of benzene rings is 27. The van der Waals surface area contributed by atoms with Crippen LogP contribution in [0.3, 0.4) is 0 Å². The molecule has 0 N–H and O–H groups in total. The second-order valence-corrected chi connectivity index (χ2v) is 40.7. The van der Waals surface area contributed by atoms with Crippen LogP contribution in [0, 0.1) is 0 Å². The summed E-state index contributed by atoms with van der Waals surface area (Å²) in [6.07, 6.45) is 0. The van der Waals surface area contributed by atoms with Gasteiger partial charge in [0.05, 0.1) is 0 Å². The molecule has 0 saturated carbocycles. The van der Waals surface area contributed by atoms with Gasteiger partial charge in [-0.25, -0.2) is 0 Å². The van der Waals surface area contributed by atoms with Crippen molar-refractivity contribution in [3.8, 4) is 55.6 Å². The standard InChI is InChI=1S/C50H28S2.C44H26S.C38H22S/c1-3-13-35-33(11-1)41-27-29(31-17-9-21-45-47(31)39-15-5-7-19-43(39)51-45)23-25-37(41)50-36-14-4-2-12-34(36)42-28-30(24-26-38(42)49(35)50)32-18-10-22-46-48(32)40-16-6-8-20-44(40)52-46;1-2-11-27(12-3-1)28-21-23-35-38(25-28)31-13-4-6-15-33(31)44-36-24-22-29(26-39(36)32-14-5-7-16-34(32)43(35)44)30-18-10-20-41-42(30)37-17-8-9-19-40(37)45-41;1-4-13-28-25(10-1)26-11-2-5-14-29(26)38-31-21-20-23(22-33(31)27-12-3-6-15-30(27)37(28)38)24-17-9-19-35-36(24)32-16-7-8-18-34(32)39-35/h1-28H;1-26H;1-22H. The summed E-state index contributed by atoms with van der Waals surface area (Å²) in [4.78, 5) is 0. The molecule has 0 spiro atoms. The Bertz CT molecular complexity index is 10400. The summed E-state index contributed by atoms with van der Waals surface area (Å²) in [5.41, 5.74) is 12.7. The summed E-state index contributed by atoms with van der Waals surface area (Å²) in [7, 11) is 0. The molecule has 0 nitrogen and oxygen atoms in total. The van der Waals surface area contributed by atoms with Crippen molar-refractivity contribution in [1.82, 2.24) is 0 Å². The van der Waals surface area contributed by atoms with E-state index in [9.17, 15) is 0 Å². The summed E-state index contributed by atoms with van der Waals surface area (Å²) in [6, 6.07) is 172. The van der Waals surface area contributed by atoms with Gasteiger partial charge in [-0.05, 0) is 296 Å². The van der Waals surface area contributed by atoms with E-state index in [2.05, 4.69) is 461 Å². The van der Waals surface area contributed by atoms with E-state index in [0.29, 0.717) is 0 Å². The molecule has 136 heavy (non-hydrogen) atoms. The van der Waals surface area contributed by atoms with Crippen molar-refractivity contribution in [2.24, 2.45) is 0 Å². The van der Waals surface area contributed by atoms with Crippen molar-refractivity contribution in [3.05, 3.63) is 461 Å². The molecule has 4 heteroatoms. The van der Waals surface area contributed by atoms with Crippen molar-refractivity contribution < 1.29 is 0 Å². The summed E-state index contributed by atoms with van der Waals surface area (Å²) in [6.45, 7) is 0. The van der Waals surface area contributed by atoms with E-state index >= 15 is 0 Å². The maximum atomic E-state index is 2.45. The van der Waals surface area contributed by atoms with Gasteiger partial charge in [0.1, 0.15) is 0 Å². The van der Waals surface area contributed by atoms with Crippen molar-refractivity contribution in [3.63, 3.8) is 0 Å². The van der Waals surface area contributed by atoms with E-state index in [1.54, 1.807) is 0 Å². The molecule has 4 heterocycles. The molecule has 27 aromatic carbocycles. The van der Waals surface area contributed by atoms with E-state index < -0.39 is 0 Å². The third-order valence-electron chi connectivity index (χ3n) is 29.3. The number of hydrogen-bond donors (Lipinski definition) is 0. The molecule has 0 aliphatic rings. The third-order valence-corrected chi connectivity index (χ3v) is 33.8. The Kier molecular flexibility index (Phi) is 17.4. The predicted octanol–water partition coefficient (Wildman–Crippen LogP) is 40.2. The van der Waals surface area contributed by atoms with Crippen LogP contribution in [0.25, 0.3) is 298 Å². The normalized spacial score (nSPS) is 12.1. The smallest absolute Gasteiger partial charge is 0.0361 e. The van der Waals surface area contributed by atoms with Gasteiger partial charge in [0.2, 0.25) is 0 Å². The number of rotatable bonds is 5. The van der Waals surface area contributed by atoms with Gasteiger partial charge in [0, 0.05) is 80.7 Å². The first kappa shape index (κ1) is 77.3. The van der Waals surface area contributed by atoms with Crippen molar-refractivity contribution in [1.29, 1.82) is 0 Å². The minimum Gasteiger partial charge on any atom is -0.135 e. The summed E-state index contributed by atoms with van der Waals surface area (Å²) < 4.78 is 10.7. The maximum Gasteiger partial charge on any atom is 0.0361 e. The zero-order chi connectivity index (χ0) is 88.9. The molecule has 0 aliphatic heterocycles. The van der Waals surface area contributed by atoms with Crippen molar-refractivity contribution >= 4 is 288 Å². The molecule has 4 aromatic heterocycles. The minimum absolute atomic E-state index is 1.24. The molecule has 628 valence electrons. The van der Waals surface area contributed by atoms with Crippen molar-refractivity contribution in [2.45, 2.75) is 0 Å². The zero-order valence-corrected chi connectivity index (χ0v) is 76.8. The average Bonchev–Trinajstić information content (AvgIpc) is 0.849. The Hall–Kier alpha value is -16.3.